The minimum absolute atomic E-state index is 0. The number of benzene rings is 1. The van der Waals surface area contributed by atoms with E-state index in [9.17, 15) is 0 Å². The topological polar surface area (TPSA) is 57.7 Å². The molecule has 3 N–H and O–H groups in total. The zero-order chi connectivity index (χ0) is 17.0. The smallest absolute Gasteiger partial charge is 0.191 e. The molecule has 0 atom stereocenters. The molecular formula is C19H33IN4O. The van der Waals surface area contributed by atoms with Crippen LogP contribution in [-0.2, 0) is 11.3 Å². The number of hydrogen-bond acceptors (Lipinski definition) is 3. The fourth-order valence-corrected chi connectivity index (χ4v) is 2.96. The average molecular weight is 460 g/mol. The molecule has 5 nitrogen and oxygen atoms in total. The van der Waals surface area contributed by atoms with E-state index in [1.54, 1.807) is 7.11 Å². The van der Waals surface area contributed by atoms with Crippen LogP contribution in [0, 0.1) is 0 Å². The van der Waals surface area contributed by atoms with Gasteiger partial charge in [-0.1, -0.05) is 31.4 Å². The number of guanidine groups is 1. The number of rotatable bonds is 8. The summed E-state index contributed by atoms with van der Waals surface area (Å²) in [5.74, 6) is 0.937. The van der Waals surface area contributed by atoms with Crippen LogP contribution in [0.15, 0.2) is 29.3 Å². The lowest BCUT2D eigenvalue weighted by molar-refractivity contribution is 0.211. The average Bonchev–Trinajstić information content (AvgIpc) is 2.62. The highest BCUT2D eigenvalue weighted by Gasteiger charge is 2.14. The van der Waals surface area contributed by atoms with Gasteiger partial charge in [-0.05, 0) is 37.5 Å². The van der Waals surface area contributed by atoms with Gasteiger partial charge in [0.2, 0.25) is 0 Å². The van der Waals surface area contributed by atoms with Gasteiger partial charge in [0.25, 0.3) is 0 Å². The maximum atomic E-state index is 5.04. The molecule has 0 bridgehead atoms. The Kier molecular flexibility index (Phi) is 11.6. The highest BCUT2D eigenvalue weighted by Crippen LogP contribution is 2.17. The zero-order valence-corrected chi connectivity index (χ0v) is 17.8. The van der Waals surface area contributed by atoms with E-state index >= 15 is 0 Å². The zero-order valence-electron chi connectivity index (χ0n) is 15.5. The minimum atomic E-state index is 0. The number of halogens is 1. The molecule has 1 aliphatic rings. The second kappa shape index (κ2) is 13.2. The largest absolute Gasteiger partial charge is 0.383 e. The summed E-state index contributed by atoms with van der Waals surface area (Å²) < 4.78 is 5.04. The van der Waals surface area contributed by atoms with Gasteiger partial charge in [0.15, 0.2) is 5.96 Å². The third-order valence-corrected chi connectivity index (χ3v) is 4.30. The molecule has 1 aliphatic carbocycles. The number of aliphatic imine (C=N–C) groups is 1. The second-order valence-electron chi connectivity index (χ2n) is 6.29. The monoisotopic (exact) mass is 460 g/mol. The van der Waals surface area contributed by atoms with E-state index in [4.69, 9.17) is 9.73 Å². The quantitative estimate of drug-likeness (QED) is 0.240. The first kappa shape index (κ1) is 22.0. The van der Waals surface area contributed by atoms with Crippen molar-refractivity contribution in [2.75, 3.05) is 32.1 Å². The molecule has 0 aromatic heterocycles. The Morgan fingerprint density at radius 2 is 1.88 bits per heavy atom. The van der Waals surface area contributed by atoms with Gasteiger partial charge in [-0.3, -0.25) is 0 Å². The van der Waals surface area contributed by atoms with Crippen LogP contribution in [0.5, 0.6) is 0 Å². The van der Waals surface area contributed by atoms with Crippen molar-refractivity contribution >= 4 is 35.6 Å². The summed E-state index contributed by atoms with van der Waals surface area (Å²) in [7, 11) is 1.71. The highest BCUT2D eigenvalue weighted by molar-refractivity contribution is 14.0. The first-order valence-corrected chi connectivity index (χ1v) is 9.18. The van der Waals surface area contributed by atoms with Crippen molar-refractivity contribution in [3.63, 3.8) is 0 Å². The summed E-state index contributed by atoms with van der Waals surface area (Å²) in [6, 6.07) is 9.03. The van der Waals surface area contributed by atoms with Crippen LogP contribution < -0.4 is 16.0 Å². The predicted molar refractivity (Wildman–Crippen MR) is 117 cm³/mol. The van der Waals surface area contributed by atoms with E-state index in [2.05, 4.69) is 47.1 Å². The van der Waals surface area contributed by atoms with Crippen LogP contribution in [0.3, 0.4) is 0 Å². The lowest BCUT2D eigenvalue weighted by Gasteiger charge is -2.24. The van der Waals surface area contributed by atoms with Gasteiger partial charge in [0.05, 0.1) is 13.2 Å². The Labute approximate surface area is 169 Å². The van der Waals surface area contributed by atoms with Gasteiger partial charge >= 0.3 is 0 Å². The first-order chi connectivity index (χ1) is 11.8. The number of methoxy groups -OCH3 is 1. The molecule has 0 unspecified atom stereocenters. The fraction of sp³-hybridized carbons (Fsp3) is 0.632. The number of nitrogens with zero attached hydrogens (tertiary/aromatic N) is 1. The van der Waals surface area contributed by atoms with Crippen LogP contribution in [0.2, 0.25) is 0 Å². The van der Waals surface area contributed by atoms with Crippen LogP contribution in [0.25, 0.3) is 0 Å². The molecule has 0 aliphatic heterocycles. The number of ether oxygens (including phenoxy) is 1. The molecule has 0 amide bonds. The fourth-order valence-electron chi connectivity index (χ4n) is 2.96. The molecule has 25 heavy (non-hydrogen) atoms. The minimum Gasteiger partial charge on any atom is -0.383 e. The van der Waals surface area contributed by atoms with E-state index in [-0.39, 0.29) is 24.0 Å². The van der Waals surface area contributed by atoms with E-state index in [1.165, 1.54) is 37.7 Å². The molecule has 0 spiro atoms. The van der Waals surface area contributed by atoms with Gasteiger partial charge in [-0.15, -0.1) is 24.0 Å². The number of hydrogen-bond donors (Lipinski definition) is 3. The first-order valence-electron chi connectivity index (χ1n) is 9.18. The van der Waals surface area contributed by atoms with Gasteiger partial charge in [-0.2, -0.15) is 0 Å². The molecule has 1 aromatic carbocycles. The maximum absolute atomic E-state index is 5.04. The highest BCUT2D eigenvalue weighted by atomic mass is 127. The Morgan fingerprint density at radius 3 is 2.52 bits per heavy atom. The van der Waals surface area contributed by atoms with Crippen molar-refractivity contribution in [3.05, 3.63) is 29.8 Å². The molecule has 0 radical (unpaired) electrons. The molecule has 0 saturated heterocycles. The van der Waals surface area contributed by atoms with Gasteiger partial charge < -0.3 is 20.7 Å². The Balaban J connectivity index is 0.00000312. The van der Waals surface area contributed by atoms with E-state index in [0.717, 1.165) is 24.7 Å². The van der Waals surface area contributed by atoms with Crippen LogP contribution in [0.1, 0.15) is 44.6 Å². The maximum Gasteiger partial charge on any atom is 0.191 e. The Hall–Kier alpha value is -1.02. The molecule has 1 saturated carbocycles. The Morgan fingerprint density at radius 1 is 1.16 bits per heavy atom. The SMILES string of the molecule is CCNC(=NCc1ccc(NCCOC)cc1)NC1CCCCC1.I. The van der Waals surface area contributed by atoms with Crippen molar-refractivity contribution < 1.29 is 4.74 Å². The Bertz CT molecular complexity index is 487. The van der Waals surface area contributed by atoms with Gasteiger partial charge in [0, 0.05) is 31.9 Å². The van der Waals surface area contributed by atoms with E-state index in [0.29, 0.717) is 19.2 Å². The summed E-state index contributed by atoms with van der Waals surface area (Å²) in [6.07, 6.45) is 6.54. The standard InChI is InChI=1S/C19H32N4O.HI/c1-3-20-19(23-18-7-5-4-6-8-18)22-15-16-9-11-17(12-10-16)21-13-14-24-2;/h9-12,18,21H,3-8,13-15H2,1-2H3,(H2,20,22,23);1H. The summed E-state index contributed by atoms with van der Waals surface area (Å²) in [5.41, 5.74) is 2.33. The lowest BCUT2D eigenvalue weighted by Crippen LogP contribution is -2.44. The molecule has 6 heteroatoms. The van der Waals surface area contributed by atoms with E-state index in [1.807, 2.05) is 0 Å². The summed E-state index contributed by atoms with van der Waals surface area (Å²) in [5, 5.41) is 10.3. The van der Waals surface area contributed by atoms with Crippen molar-refractivity contribution in [2.45, 2.75) is 51.6 Å². The molecule has 2 rings (SSSR count). The second-order valence-corrected chi connectivity index (χ2v) is 6.29. The van der Waals surface area contributed by atoms with Gasteiger partial charge in [0.1, 0.15) is 0 Å². The lowest BCUT2D eigenvalue weighted by atomic mass is 9.96. The van der Waals surface area contributed by atoms with Crippen molar-refractivity contribution in [1.29, 1.82) is 0 Å². The van der Waals surface area contributed by atoms with E-state index < -0.39 is 0 Å². The number of anilines is 1. The molecular weight excluding hydrogens is 427 g/mol. The molecule has 142 valence electrons. The van der Waals surface area contributed by atoms with Crippen molar-refractivity contribution in [3.8, 4) is 0 Å². The third-order valence-electron chi connectivity index (χ3n) is 4.30. The van der Waals surface area contributed by atoms with Crippen molar-refractivity contribution in [2.24, 2.45) is 4.99 Å². The molecule has 0 heterocycles. The van der Waals surface area contributed by atoms with Crippen LogP contribution in [0.4, 0.5) is 5.69 Å². The molecule has 1 aromatic rings. The predicted octanol–water partition coefficient (Wildman–Crippen LogP) is 3.75. The summed E-state index contributed by atoms with van der Waals surface area (Å²) >= 11 is 0. The summed E-state index contributed by atoms with van der Waals surface area (Å²) in [6.45, 7) is 5.23. The van der Waals surface area contributed by atoms with Crippen molar-refractivity contribution in [1.82, 2.24) is 10.6 Å². The van der Waals surface area contributed by atoms with Crippen LogP contribution >= 0.6 is 24.0 Å². The number of nitrogens with one attached hydrogen (secondary N) is 3. The van der Waals surface area contributed by atoms with Gasteiger partial charge in [-0.25, -0.2) is 4.99 Å². The third kappa shape index (κ3) is 8.76. The summed E-state index contributed by atoms with van der Waals surface area (Å²) in [4.78, 5) is 4.74. The van der Waals surface area contributed by atoms with Crippen LogP contribution in [-0.4, -0.2) is 38.8 Å². The molecule has 1 fully saturated rings. The normalized spacial score (nSPS) is 15.4.